The Kier molecular flexibility index (Phi) is 4.95. The first kappa shape index (κ1) is 16.9. The Morgan fingerprint density at radius 1 is 1.16 bits per heavy atom. The smallest absolute Gasteiger partial charge is 0.335 e. The van der Waals surface area contributed by atoms with Crippen molar-refractivity contribution in [2.75, 3.05) is 24.5 Å². The fourth-order valence-corrected chi connectivity index (χ4v) is 3.10. The molecule has 130 valence electrons. The third-order valence-corrected chi connectivity index (χ3v) is 4.36. The second kappa shape index (κ2) is 7.31. The number of nitrogens with zero attached hydrogens (tertiary/aromatic N) is 3. The first-order valence-electron chi connectivity index (χ1n) is 8.04. The molecule has 0 spiro atoms. The average Bonchev–Trinajstić information content (AvgIpc) is 2.62. The fraction of sp³-hybridized carbons (Fsp3) is 0.278. The highest BCUT2D eigenvalue weighted by Gasteiger charge is 2.35. The predicted octanol–water partition coefficient (Wildman–Crippen LogP) is 2.31. The number of benzene rings is 2. The predicted molar refractivity (Wildman–Crippen MR) is 93.2 cm³/mol. The van der Waals surface area contributed by atoms with Crippen molar-refractivity contribution in [2.45, 2.75) is 12.7 Å². The minimum Gasteiger partial charge on any atom is -0.478 e. The Balaban J connectivity index is 1.77. The molecular formula is C18H19N3O4. The van der Waals surface area contributed by atoms with Crippen molar-refractivity contribution in [3.63, 3.8) is 0 Å². The van der Waals surface area contributed by atoms with E-state index in [9.17, 15) is 14.9 Å². The minimum absolute atomic E-state index is 0.131. The van der Waals surface area contributed by atoms with Crippen LogP contribution < -0.4 is 4.90 Å². The van der Waals surface area contributed by atoms with Crippen LogP contribution in [0.25, 0.3) is 0 Å². The largest absolute Gasteiger partial charge is 0.478 e. The van der Waals surface area contributed by atoms with Crippen LogP contribution in [-0.2, 0) is 6.54 Å². The molecule has 0 aliphatic carbocycles. The van der Waals surface area contributed by atoms with E-state index in [1.165, 1.54) is 12.1 Å². The minimum atomic E-state index is -1.04. The maximum Gasteiger partial charge on any atom is 0.335 e. The maximum absolute atomic E-state index is 11.6. The summed E-state index contributed by atoms with van der Waals surface area (Å²) in [6.07, 6.45) is -0.901. The lowest BCUT2D eigenvalue weighted by molar-refractivity contribution is -0.524. The van der Waals surface area contributed by atoms with Crippen LogP contribution in [0.4, 0.5) is 5.69 Å². The lowest BCUT2D eigenvalue weighted by atomic mass is 10.1. The fourth-order valence-electron chi connectivity index (χ4n) is 3.10. The summed E-state index contributed by atoms with van der Waals surface area (Å²) in [5.74, 6) is -1.04. The Morgan fingerprint density at radius 2 is 1.92 bits per heavy atom. The zero-order valence-corrected chi connectivity index (χ0v) is 13.6. The van der Waals surface area contributed by atoms with Crippen molar-refractivity contribution in [2.24, 2.45) is 0 Å². The van der Waals surface area contributed by atoms with Crippen LogP contribution in [0.1, 0.15) is 15.9 Å². The summed E-state index contributed by atoms with van der Waals surface area (Å²) >= 11 is 0. The van der Waals surface area contributed by atoms with Crippen LogP contribution in [-0.4, -0.2) is 46.7 Å². The van der Waals surface area contributed by atoms with E-state index in [1.807, 2.05) is 30.3 Å². The molecular weight excluding hydrogens is 322 g/mol. The first-order chi connectivity index (χ1) is 12.0. The van der Waals surface area contributed by atoms with Gasteiger partial charge in [-0.05, 0) is 23.8 Å². The van der Waals surface area contributed by atoms with Gasteiger partial charge in [-0.3, -0.25) is 15.0 Å². The van der Waals surface area contributed by atoms with Crippen LogP contribution in [0.5, 0.6) is 0 Å². The van der Waals surface area contributed by atoms with Crippen LogP contribution in [0.15, 0.2) is 54.6 Å². The Labute approximate surface area is 145 Å². The molecule has 0 bridgehead atoms. The molecule has 1 heterocycles. The highest BCUT2D eigenvalue weighted by molar-refractivity contribution is 5.88. The molecule has 0 radical (unpaired) electrons. The third-order valence-electron chi connectivity index (χ3n) is 4.36. The number of aromatic carboxylic acids is 1. The summed E-state index contributed by atoms with van der Waals surface area (Å²) in [4.78, 5) is 26.2. The van der Waals surface area contributed by atoms with E-state index in [2.05, 4.69) is 4.90 Å². The molecule has 3 rings (SSSR count). The van der Waals surface area contributed by atoms with Gasteiger partial charge in [-0.15, -0.1) is 0 Å². The lowest BCUT2D eigenvalue weighted by Gasteiger charge is -2.37. The number of hydrogen-bond donors (Lipinski definition) is 1. The van der Waals surface area contributed by atoms with E-state index < -0.39 is 12.1 Å². The van der Waals surface area contributed by atoms with Crippen molar-refractivity contribution >= 4 is 11.7 Å². The van der Waals surface area contributed by atoms with Gasteiger partial charge in [0.2, 0.25) is 0 Å². The standard InChI is InChI=1S/C18H19N3O4/c22-18(23)15-7-4-8-16(11-15)20-10-9-19(13-17(20)21(24)25)12-14-5-2-1-3-6-14/h1-8,11,17H,9-10,12-13H2,(H,22,23). The Hall–Kier alpha value is -2.93. The quantitative estimate of drug-likeness (QED) is 0.663. The van der Waals surface area contributed by atoms with Gasteiger partial charge in [-0.25, -0.2) is 4.79 Å². The molecule has 1 fully saturated rings. The number of nitro groups is 1. The van der Waals surface area contributed by atoms with Crippen molar-refractivity contribution in [1.82, 2.24) is 4.90 Å². The van der Waals surface area contributed by atoms with E-state index in [1.54, 1.807) is 17.0 Å². The maximum atomic E-state index is 11.6. The number of carboxylic acids is 1. The van der Waals surface area contributed by atoms with Crippen LogP contribution in [0.3, 0.4) is 0 Å². The van der Waals surface area contributed by atoms with Gasteiger partial charge < -0.3 is 10.0 Å². The van der Waals surface area contributed by atoms with E-state index in [0.29, 0.717) is 31.9 Å². The normalized spacial score (nSPS) is 18.1. The van der Waals surface area contributed by atoms with Gasteiger partial charge in [0.15, 0.2) is 0 Å². The molecule has 0 saturated carbocycles. The molecule has 7 nitrogen and oxygen atoms in total. The molecule has 0 aromatic heterocycles. The van der Waals surface area contributed by atoms with Gasteiger partial charge in [-0.1, -0.05) is 36.4 Å². The van der Waals surface area contributed by atoms with Crippen molar-refractivity contribution in [3.8, 4) is 0 Å². The summed E-state index contributed by atoms with van der Waals surface area (Å²) in [5, 5.41) is 20.7. The highest BCUT2D eigenvalue weighted by Crippen LogP contribution is 2.23. The molecule has 2 aromatic carbocycles. The Morgan fingerprint density at radius 3 is 2.60 bits per heavy atom. The zero-order chi connectivity index (χ0) is 17.8. The summed E-state index contributed by atoms with van der Waals surface area (Å²) in [7, 11) is 0. The van der Waals surface area contributed by atoms with Gasteiger partial charge in [0, 0.05) is 30.2 Å². The average molecular weight is 341 g/mol. The summed E-state index contributed by atoms with van der Waals surface area (Å²) < 4.78 is 0. The van der Waals surface area contributed by atoms with Crippen LogP contribution in [0, 0.1) is 10.1 Å². The molecule has 1 saturated heterocycles. The third kappa shape index (κ3) is 3.95. The monoisotopic (exact) mass is 341 g/mol. The van der Waals surface area contributed by atoms with Crippen LogP contribution >= 0.6 is 0 Å². The number of piperazine rings is 1. The summed E-state index contributed by atoms with van der Waals surface area (Å²) in [6, 6.07) is 16.2. The van der Waals surface area contributed by atoms with E-state index in [0.717, 1.165) is 5.56 Å². The SMILES string of the molecule is O=C(O)c1cccc(N2CCN(Cc3ccccc3)CC2[N+](=O)[O-])c1. The second-order valence-corrected chi connectivity index (χ2v) is 6.04. The van der Waals surface area contributed by atoms with E-state index in [4.69, 9.17) is 5.11 Å². The summed E-state index contributed by atoms with van der Waals surface area (Å²) in [5.41, 5.74) is 1.82. The van der Waals surface area contributed by atoms with Crippen molar-refractivity contribution in [1.29, 1.82) is 0 Å². The molecule has 1 aliphatic rings. The number of anilines is 1. The highest BCUT2D eigenvalue weighted by atomic mass is 16.6. The Bertz CT molecular complexity index is 766. The number of carbonyl (C=O) groups is 1. The van der Waals surface area contributed by atoms with Crippen molar-refractivity contribution < 1.29 is 14.8 Å². The molecule has 1 aliphatic heterocycles. The molecule has 0 amide bonds. The van der Waals surface area contributed by atoms with Gasteiger partial charge >= 0.3 is 5.97 Å². The van der Waals surface area contributed by atoms with Gasteiger partial charge in [0.25, 0.3) is 6.17 Å². The summed E-state index contributed by atoms with van der Waals surface area (Å²) in [6.45, 7) is 2.10. The molecule has 2 aromatic rings. The zero-order valence-electron chi connectivity index (χ0n) is 13.6. The number of hydrogen-bond acceptors (Lipinski definition) is 5. The molecule has 1 unspecified atom stereocenters. The topological polar surface area (TPSA) is 86.9 Å². The molecule has 25 heavy (non-hydrogen) atoms. The van der Waals surface area contributed by atoms with Crippen molar-refractivity contribution in [3.05, 3.63) is 75.8 Å². The number of rotatable bonds is 5. The van der Waals surface area contributed by atoms with Crippen LogP contribution in [0.2, 0.25) is 0 Å². The van der Waals surface area contributed by atoms with Gasteiger partial charge in [0.05, 0.1) is 12.1 Å². The van der Waals surface area contributed by atoms with E-state index in [-0.39, 0.29) is 10.5 Å². The lowest BCUT2D eigenvalue weighted by Crippen LogP contribution is -2.56. The van der Waals surface area contributed by atoms with Gasteiger partial charge in [0.1, 0.15) is 0 Å². The molecule has 1 atom stereocenters. The number of carboxylic acid groups (broad SMARTS) is 1. The molecule has 7 heteroatoms. The first-order valence-corrected chi connectivity index (χ1v) is 8.04. The van der Waals surface area contributed by atoms with Gasteiger partial charge in [-0.2, -0.15) is 0 Å². The van der Waals surface area contributed by atoms with E-state index >= 15 is 0 Å². The molecule has 1 N–H and O–H groups in total. The second-order valence-electron chi connectivity index (χ2n) is 6.04.